The lowest BCUT2D eigenvalue weighted by Gasteiger charge is -2.39. The zero-order valence-electron chi connectivity index (χ0n) is 12.4. The van der Waals surface area contributed by atoms with E-state index in [1.807, 2.05) is 16.8 Å². The van der Waals surface area contributed by atoms with E-state index in [-0.39, 0.29) is 18.5 Å². The number of carboxylic acids is 1. The third kappa shape index (κ3) is 3.87. The summed E-state index contributed by atoms with van der Waals surface area (Å²) < 4.78 is 0. The van der Waals surface area contributed by atoms with Crippen LogP contribution in [0.3, 0.4) is 0 Å². The quantitative estimate of drug-likeness (QED) is 0.843. The number of rotatable bonds is 5. The van der Waals surface area contributed by atoms with Gasteiger partial charge in [0, 0.05) is 32.6 Å². The first kappa shape index (κ1) is 15.1. The van der Waals surface area contributed by atoms with Crippen molar-refractivity contribution in [1.82, 2.24) is 9.80 Å². The van der Waals surface area contributed by atoms with E-state index in [0.29, 0.717) is 12.3 Å². The van der Waals surface area contributed by atoms with Crippen molar-refractivity contribution < 1.29 is 14.7 Å². The van der Waals surface area contributed by atoms with Crippen LogP contribution in [0, 0.1) is 5.92 Å². The molecule has 0 aromatic rings. The van der Waals surface area contributed by atoms with E-state index in [9.17, 15) is 9.59 Å². The molecule has 5 nitrogen and oxygen atoms in total. The van der Waals surface area contributed by atoms with Gasteiger partial charge in [0.1, 0.15) is 0 Å². The molecule has 0 aromatic heterocycles. The van der Waals surface area contributed by atoms with E-state index in [2.05, 4.69) is 0 Å². The van der Waals surface area contributed by atoms with Gasteiger partial charge in [-0.15, -0.1) is 0 Å². The van der Waals surface area contributed by atoms with Gasteiger partial charge >= 0.3 is 12.0 Å². The molecule has 1 unspecified atom stereocenters. The molecule has 1 saturated heterocycles. The Kier molecular flexibility index (Phi) is 5.26. The summed E-state index contributed by atoms with van der Waals surface area (Å²) >= 11 is 0. The molecule has 1 N–H and O–H groups in total. The van der Waals surface area contributed by atoms with Gasteiger partial charge in [-0.2, -0.15) is 0 Å². The number of nitrogens with zero attached hydrogens (tertiary/aromatic N) is 2. The van der Waals surface area contributed by atoms with Crippen LogP contribution in [0.5, 0.6) is 0 Å². The molecule has 0 spiro atoms. The number of piperidine rings is 1. The van der Waals surface area contributed by atoms with Gasteiger partial charge in [0.05, 0.1) is 0 Å². The maximum absolute atomic E-state index is 12.5. The molecule has 20 heavy (non-hydrogen) atoms. The van der Waals surface area contributed by atoms with E-state index in [4.69, 9.17) is 5.11 Å². The fraction of sp³-hybridized carbons (Fsp3) is 0.867. The normalized spacial score (nSPS) is 23.2. The molecule has 1 atom stereocenters. The van der Waals surface area contributed by atoms with Gasteiger partial charge in [0.2, 0.25) is 0 Å². The van der Waals surface area contributed by atoms with E-state index < -0.39 is 5.97 Å². The summed E-state index contributed by atoms with van der Waals surface area (Å²) in [6, 6.07) is 0.197. The number of amides is 2. The van der Waals surface area contributed by atoms with Crippen LogP contribution in [0.15, 0.2) is 0 Å². The van der Waals surface area contributed by atoms with Gasteiger partial charge in [0.15, 0.2) is 0 Å². The number of carbonyl (C=O) groups excluding carboxylic acids is 1. The first-order chi connectivity index (χ1) is 9.58. The third-order valence-electron chi connectivity index (χ3n) is 4.65. The van der Waals surface area contributed by atoms with Crippen LogP contribution >= 0.6 is 0 Å². The molecule has 2 rings (SSSR count). The first-order valence-electron chi connectivity index (χ1n) is 7.81. The molecule has 1 heterocycles. The van der Waals surface area contributed by atoms with Gasteiger partial charge in [0.25, 0.3) is 0 Å². The molecule has 2 aliphatic rings. The summed E-state index contributed by atoms with van der Waals surface area (Å²) in [7, 11) is 1.88. The van der Waals surface area contributed by atoms with Crippen molar-refractivity contribution in [3.8, 4) is 0 Å². The van der Waals surface area contributed by atoms with Crippen LogP contribution in [0.2, 0.25) is 0 Å². The fourth-order valence-electron chi connectivity index (χ4n) is 3.20. The number of hydrogen-bond donors (Lipinski definition) is 1. The lowest BCUT2D eigenvalue weighted by atomic mass is 9.85. The zero-order chi connectivity index (χ0) is 14.5. The molecule has 0 bridgehead atoms. The Morgan fingerprint density at radius 3 is 2.55 bits per heavy atom. The standard InChI is InChI=1S/C15H26N2O3/c1-16(11-12-5-4-6-12)15(20)17-10-3-2-7-13(17)8-9-14(18)19/h12-13H,2-11H2,1H3,(H,18,19). The zero-order valence-corrected chi connectivity index (χ0v) is 12.4. The highest BCUT2D eigenvalue weighted by molar-refractivity contribution is 5.75. The smallest absolute Gasteiger partial charge is 0.319 e. The number of aliphatic carboxylic acids is 1. The molecule has 0 aromatic carbocycles. The maximum atomic E-state index is 12.5. The molecule has 1 aliphatic carbocycles. The number of carboxylic acid groups (broad SMARTS) is 1. The highest BCUT2D eigenvalue weighted by atomic mass is 16.4. The molecule has 2 amide bonds. The van der Waals surface area contributed by atoms with Crippen molar-refractivity contribution in [3.63, 3.8) is 0 Å². The average Bonchev–Trinajstić information content (AvgIpc) is 2.39. The molecular formula is C15H26N2O3. The van der Waals surface area contributed by atoms with Gasteiger partial charge < -0.3 is 14.9 Å². The second-order valence-electron chi connectivity index (χ2n) is 6.24. The topological polar surface area (TPSA) is 60.9 Å². The van der Waals surface area contributed by atoms with Crippen molar-refractivity contribution in [2.75, 3.05) is 20.1 Å². The van der Waals surface area contributed by atoms with Crippen LogP contribution in [-0.2, 0) is 4.79 Å². The Labute approximate surface area is 120 Å². The molecular weight excluding hydrogens is 256 g/mol. The van der Waals surface area contributed by atoms with Crippen molar-refractivity contribution >= 4 is 12.0 Å². The second kappa shape index (κ2) is 6.95. The van der Waals surface area contributed by atoms with Gasteiger partial charge in [-0.25, -0.2) is 4.79 Å². The minimum absolute atomic E-state index is 0.0898. The second-order valence-corrected chi connectivity index (χ2v) is 6.24. The van der Waals surface area contributed by atoms with Gasteiger partial charge in [-0.05, 0) is 44.4 Å². The van der Waals surface area contributed by atoms with E-state index >= 15 is 0 Å². The Morgan fingerprint density at radius 2 is 1.95 bits per heavy atom. The average molecular weight is 282 g/mol. The van der Waals surface area contributed by atoms with Crippen LogP contribution in [0.1, 0.15) is 51.4 Å². The number of hydrogen-bond acceptors (Lipinski definition) is 2. The van der Waals surface area contributed by atoms with Gasteiger partial charge in [-0.3, -0.25) is 4.79 Å². The first-order valence-corrected chi connectivity index (χ1v) is 7.81. The predicted octanol–water partition coefficient (Wildman–Crippen LogP) is 2.56. The molecule has 1 aliphatic heterocycles. The van der Waals surface area contributed by atoms with Crippen LogP contribution in [-0.4, -0.2) is 53.1 Å². The lowest BCUT2D eigenvalue weighted by Crippen LogP contribution is -2.50. The summed E-state index contributed by atoms with van der Waals surface area (Å²) in [6.07, 6.45) is 7.57. The van der Waals surface area contributed by atoms with E-state index in [1.54, 1.807) is 0 Å². The van der Waals surface area contributed by atoms with Crippen molar-refractivity contribution in [2.45, 2.75) is 57.4 Å². The summed E-state index contributed by atoms with van der Waals surface area (Å²) in [4.78, 5) is 27.0. The SMILES string of the molecule is CN(CC1CCC1)C(=O)N1CCCCC1CCC(=O)O. The molecule has 2 fully saturated rings. The lowest BCUT2D eigenvalue weighted by molar-refractivity contribution is -0.137. The summed E-state index contributed by atoms with van der Waals surface area (Å²) in [6.45, 7) is 1.62. The minimum Gasteiger partial charge on any atom is -0.481 e. The summed E-state index contributed by atoms with van der Waals surface area (Å²) in [5, 5.41) is 8.82. The third-order valence-corrected chi connectivity index (χ3v) is 4.65. The predicted molar refractivity (Wildman–Crippen MR) is 76.6 cm³/mol. The van der Waals surface area contributed by atoms with Crippen molar-refractivity contribution in [3.05, 3.63) is 0 Å². The number of carbonyl (C=O) groups is 2. The summed E-state index contributed by atoms with van der Waals surface area (Å²) in [5.41, 5.74) is 0. The number of urea groups is 1. The Morgan fingerprint density at radius 1 is 1.20 bits per heavy atom. The maximum Gasteiger partial charge on any atom is 0.319 e. The Balaban J connectivity index is 1.87. The van der Waals surface area contributed by atoms with Gasteiger partial charge in [-0.1, -0.05) is 6.42 Å². The fourth-order valence-corrected chi connectivity index (χ4v) is 3.20. The number of likely N-dealkylation sites (tertiary alicyclic amines) is 1. The van der Waals surface area contributed by atoms with E-state index in [1.165, 1.54) is 19.3 Å². The Hall–Kier alpha value is -1.26. The van der Waals surface area contributed by atoms with Crippen LogP contribution in [0.25, 0.3) is 0 Å². The van der Waals surface area contributed by atoms with E-state index in [0.717, 1.165) is 32.4 Å². The highest BCUT2D eigenvalue weighted by Gasteiger charge is 2.30. The molecule has 1 saturated carbocycles. The van der Waals surface area contributed by atoms with Crippen molar-refractivity contribution in [1.29, 1.82) is 0 Å². The van der Waals surface area contributed by atoms with Crippen LogP contribution in [0.4, 0.5) is 4.79 Å². The molecule has 5 heteroatoms. The van der Waals surface area contributed by atoms with Crippen LogP contribution < -0.4 is 0 Å². The monoisotopic (exact) mass is 282 g/mol. The van der Waals surface area contributed by atoms with Crippen molar-refractivity contribution in [2.24, 2.45) is 5.92 Å². The largest absolute Gasteiger partial charge is 0.481 e. The molecule has 114 valence electrons. The summed E-state index contributed by atoms with van der Waals surface area (Å²) in [5.74, 6) is -0.1000. The Bertz CT molecular complexity index is 355. The highest BCUT2D eigenvalue weighted by Crippen LogP contribution is 2.28. The molecule has 0 radical (unpaired) electrons. The minimum atomic E-state index is -0.772.